The van der Waals surface area contributed by atoms with Gasteiger partial charge in [-0.05, 0) is 6.54 Å². The molecule has 0 saturated heterocycles. The Balaban J connectivity index is 0.000000873. The summed E-state index contributed by atoms with van der Waals surface area (Å²) in [7, 11) is 0. The summed E-state index contributed by atoms with van der Waals surface area (Å²) in [5, 5.41) is 10.7. The fourth-order valence-corrected chi connectivity index (χ4v) is 2.73. The smallest absolute Gasteiger partial charge is 0.0106 e. The van der Waals surface area contributed by atoms with E-state index in [1.807, 2.05) is 6.92 Å². The Morgan fingerprint density at radius 2 is 2.00 bits per heavy atom. The topological polar surface area (TPSA) is 122 Å². The second-order valence-electron chi connectivity index (χ2n) is 3.21. The van der Waals surface area contributed by atoms with Crippen molar-refractivity contribution in [1.29, 1.82) is 0 Å². The summed E-state index contributed by atoms with van der Waals surface area (Å²) in [4.78, 5) is 10.8. The molecule has 0 radical (unpaired) electrons. The van der Waals surface area contributed by atoms with E-state index in [9.17, 15) is 12.6 Å². The predicted octanol–water partition coefficient (Wildman–Crippen LogP) is -0.332. The number of hydrogen-bond acceptors (Lipinski definition) is 5. The van der Waals surface area contributed by atoms with Crippen molar-refractivity contribution < 1.29 is 21.8 Å². The van der Waals surface area contributed by atoms with Crippen molar-refractivity contribution in [1.82, 2.24) is 0 Å². The maximum atomic E-state index is 11.4. The molecule has 0 fully saturated rings. The van der Waals surface area contributed by atoms with Crippen molar-refractivity contribution in [3.63, 3.8) is 0 Å². The minimum absolute atomic E-state index is 0.103. The van der Waals surface area contributed by atoms with Crippen LogP contribution in [-0.2, 0) is 12.4 Å². The number of nitrogens with two attached hydrogens (primary N) is 1. The van der Waals surface area contributed by atoms with E-state index in [4.69, 9.17) is 11.0 Å². The number of carbonyl (C=O) groups excluding carboxylic acids is 1. The van der Waals surface area contributed by atoms with Gasteiger partial charge in [0.1, 0.15) is 0 Å². The molecule has 1 unspecified atom stereocenters. The molecule has 0 aromatic heterocycles. The maximum Gasteiger partial charge on any atom is -0.0106 e. The molecule has 1 rings (SSSR count). The van der Waals surface area contributed by atoms with Crippen LogP contribution in [0.3, 0.4) is 0 Å². The predicted molar refractivity (Wildman–Crippen MR) is 67.5 cm³/mol. The van der Waals surface area contributed by atoms with Crippen molar-refractivity contribution in [3.05, 3.63) is 24.3 Å². The molecule has 18 heavy (non-hydrogen) atoms. The average Bonchev–Trinajstić information content (AvgIpc) is 2.30. The van der Waals surface area contributed by atoms with E-state index >= 15 is 0 Å². The molecule has 0 bridgehead atoms. The van der Waals surface area contributed by atoms with Crippen molar-refractivity contribution in [2.75, 3.05) is 11.9 Å². The molecule has 1 aromatic rings. The molecule has 8 heteroatoms. The minimum Gasteiger partial charge on any atom is -0.331 e. The molecule has 0 saturated carbocycles. The van der Waals surface area contributed by atoms with Gasteiger partial charge in [0.25, 0.3) is 0 Å². The van der Waals surface area contributed by atoms with E-state index in [1.54, 1.807) is 6.07 Å². The number of nitrogens with one attached hydrogen (secondary N) is 1. The summed E-state index contributed by atoms with van der Waals surface area (Å²) >= 11 is -4.92. The summed E-state index contributed by atoms with van der Waals surface area (Å²) in [6.45, 7) is 3.92. The summed E-state index contributed by atoms with van der Waals surface area (Å²) in [5.41, 5.74) is 5.00. The van der Waals surface area contributed by atoms with Crippen LogP contribution in [0.15, 0.2) is 24.3 Å². The van der Waals surface area contributed by atoms with E-state index in [0.29, 0.717) is 0 Å². The van der Waals surface area contributed by atoms with Crippen LogP contribution in [0.2, 0.25) is 0 Å². The third-order valence-electron chi connectivity index (χ3n) is 1.63. The molecular weight excluding hydrogens is 303 g/mol. The number of amides is 1. The van der Waals surface area contributed by atoms with Gasteiger partial charge in [0, 0.05) is 0 Å². The van der Waals surface area contributed by atoms with Crippen LogP contribution in [0.5, 0.6) is 0 Å². The largest absolute Gasteiger partial charge is 0.331 e. The first-order chi connectivity index (χ1) is 8.38. The molecule has 0 heterocycles. The van der Waals surface area contributed by atoms with E-state index in [-0.39, 0.29) is 15.9 Å². The van der Waals surface area contributed by atoms with Crippen molar-refractivity contribution in [2.45, 2.75) is 13.8 Å². The van der Waals surface area contributed by atoms with Crippen LogP contribution in [0, 0.1) is 0 Å². The van der Waals surface area contributed by atoms with Gasteiger partial charge in [-0.25, -0.2) is 0 Å². The number of rotatable bonds is 3. The minimum atomic E-state index is -4.92. The Kier molecular flexibility index (Phi) is 7.57. The Hall–Kier alpha value is -1.11. The monoisotopic (exact) mass is 320 g/mol. The summed E-state index contributed by atoms with van der Waals surface area (Å²) < 4.78 is 24.1. The quantitative estimate of drug-likeness (QED) is 0.344. The molecule has 1 amide bonds. The molecule has 0 aliphatic carbocycles. The van der Waals surface area contributed by atoms with E-state index in [2.05, 4.69) is 9.19 Å². The first-order valence-corrected chi connectivity index (χ1v) is 8.43. The molecule has 0 aliphatic rings. The van der Waals surface area contributed by atoms with Gasteiger partial charge in [-0.3, -0.25) is 0 Å². The Bertz CT molecular complexity index is 438. The summed E-state index contributed by atoms with van der Waals surface area (Å²) in [6.07, 6.45) is 0. The van der Waals surface area contributed by atoms with E-state index in [1.165, 1.54) is 25.1 Å². The van der Waals surface area contributed by atoms with E-state index < -0.39 is 14.2 Å². The van der Waals surface area contributed by atoms with Crippen molar-refractivity contribution >= 4 is 30.1 Å². The molecule has 1 atom stereocenters. The summed E-state index contributed by atoms with van der Waals surface area (Å²) in [5.74, 6) is -0.379. The second kappa shape index (κ2) is 8.07. The molecule has 1 aromatic carbocycles. The molecule has 0 aliphatic heterocycles. The number of carbonyl (C=O) groups is 1. The van der Waals surface area contributed by atoms with Gasteiger partial charge in [0.05, 0.1) is 0 Å². The molecule has 7 nitrogen and oxygen atoms in total. The van der Waals surface area contributed by atoms with Crippen LogP contribution in [0.4, 0.5) is 5.69 Å². The van der Waals surface area contributed by atoms with Gasteiger partial charge < -0.3 is 5.73 Å². The number of para-hydroxylation sites is 1. The van der Waals surface area contributed by atoms with E-state index in [0.717, 1.165) is 6.54 Å². The molecule has 5 N–H and O–H groups in total. The van der Waals surface area contributed by atoms with Gasteiger partial charge in [-0.2, -0.15) is 0 Å². The third kappa shape index (κ3) is 5.48. The fraction of sp³-hybridized carbons (Fsp3) is 0.300. The average molecular weight is 320 g/mol. The number of anilines is 1. The van der Waals surface area contributed by atoms with Crippen LogP contribution in [-0.4, -0.2) is 36.0 Å². The van der Waals surface area contributed by atoms with Crippen LogP contribution < -0.4 is 15.4 Å². The molecule has 102 valence electrons. The molecular formula is C10H17AsN2O5. The first-order valence-electron chi connectivity index (χ1n) is 5.12. The van der Waals surface area contributed by atoms with Gasteiger partial charge >= 0.3 is 88.4 Å². The zero-order valence-corrected chi connectivity index (χ0v) is 12.0. The Morgan fingerprint density at radius 3 is 2.44 bits per heavy atom. The SMILES string of the molecule is CC(=O)Nc1ccccc1[As](=O)(O)OO.CCN. The van der Waals surface area contributed by atoms with Crippen LogP contribution >= 0.6 is 0 Å². The van der Waals surface area contributed by atoms with Gasteiger partial charge in [0.2, 0.25) is 0 Å². The van der Waals surface area contributed by atoms with Crippen LogP contribution in [0.25, 0.3) is 0 Å². The zero-order chi connectivity index (χ0) is 14.2. The zero-order valence-electron chi connectivity index (χ0n) is 10.2. The summed E-state index contributed by atoms with van der Waals surface area (Å²) in [6, 6.07) is 5.84. The maximum absolute atomic E-state index is 11.4. The van der Waals surface area contributed by atoms with Crippen LogP contribution in [0.1, 0.15) is 13.8 Å². The number of hydrogen-bond donors (Lipinski definition) is 4. The van der Waals surface area contributed by atoms with Gasteiger partial charge in [-0.15, -0.1) is 0 Å². The van der Waals surface area contributed by atoms with Gasteiger partial charge in [0.15, 0.2) is 0 Å². The third-order valence-corrected chi connectivity index (χ3v) is 4.19. The van der Waals surface area contributed by atoms with Crippen molar-refractivity contribution in [2.24, 2.45) is 5.73 Å². The Morgan fingerprint density at radius 1 is 1.50 bits per heavy atom. The number of benzene rings is 1. The molecule has 0 spiro atoms. The standard InChI is InChI=1S/C8H10AsNO5.C2H7N/c1-6(11)10-8-5-3-2-4-7(8)9(12,13)15-14;1-2-3/h2-5,14H,1H3,(H,10,11)(H,12,13);2-3H2,1H3. The van der Waals surface area contributed by atoms with Gasteiger partial charge in [-0.1, -0.05) is 6.92 Å². The normalized spacial score (nSPS) is 12.9. The van der Waals surface area contributed by atoms with Crippen molar-refractivity contribution in [3.8, 4) is 0 Å². The first kappa shape index (κ1) is 16.9. The second-order valence-corrected chi connectivity index (χ2v) is 6.75. The fourth-order valence-electron chi connectivity index (χ4n) is 1.06. The Labute approximate surface area is 108 Å².